The maximum atomic E-state index is 9.50. The minimum Gasteiger partial charge on any atom is -0.394 e. The molecule has 0 radical (unpaired) electrons. The predicted molar refractivity (Wildman–Crippen MR) is 78.6 cm³/mol. The first-order chi connectivity index (χ1) is 9.70. The molecular weight excluding hydrogens is 254 g/mol. The second-order valence-electron chi connectivity index (χ2n) is 6.86. The average molecular weight is 283 g/mol. The minimum atomic E-state index is -0.333. The first-order valence-electron chi connectivity index (χ1n) is 8.16. The van der Waals surface area contributed by atoms with E-state index in [4.69, 9.17) is 10.5 Å². The molecule has 5 nitrogen and oxygen atoms in total. The lowest BCUT2D eigenvalue weighted by Crippen LogP contribution is -2.53. The standard InChI is InChI=1S/C15H29N3O2/c16-15(12-19)4-1-2-13(10-15)18-5-3-14(11-18)17-6-8-20-9-7-17/h13-14,19H,1-12,16H2. The van der Waals surface area contributed by atoms with Crippen molar-refractivity contribution in [2.24, 2.45) is 5.73 Å². The van der Waals surface area contributed by atoms with Crippen LogP contribution in [0.5, 0.6) is 0 Å². The Balaban J connectivity index is 1.54. The Labute approximate surface area is 122 Å². The van der Waals surface area contributed by atoms with Gasteiger partial charge in [-0.25, -0.2) is 0 Å². The lowest BCUT2D eigenvalue weighted by atomic mass is 9.80. The number of ether oxygens (including phenoxy) is 1. The molecule has 0 bridgehead atoms. The molecule has 1 aliphatic carbocycles. The number of aliphatic hydroxyl groups excluding tert-OH is 1. The van der Waals surface area contributed by atoms with E-state index in [1.165, 1.54) is 25.9 Å². The SMILES string of the molecule is NC1(CO)CCCC(N2CCC(N3CCOCC3)C2)C1. The molecule has 116 valence electrons. The summed E-state index contributed by atoms with van der Waals surface area (Å²) in [4.78, 5) is 5.21. The lowest BCUT2D eigenvalue weighted by molar-refractivity contribution is 0.0159. The molecular formula is C15H29N3O2. The van der Waals surface area contributed by atoms with Crippen molar-refractivity contribution in [3.63, 3.8) is 0 Å². The van der Waals surface area contributed by atoms with Crippen molar-refractivity contribution in [3.8, 4) is 0 Å². The molecule has 3 atom stereocenters. The van der Waals surface area contributed by atoms with Gasteiger partial charge < -0.3 is 15.6 Å². The van der Waals surface area contributed by atoms with E-state index in [9.17, 15) is 5.11 Å². The highest BCUT2D eigenvalue weighted by Gasteiger charge is 2.38. The van der Waals surface area contributed by atoms with Gasteiger partial charge in [0, 0.05) is 43.8 Å². The first-order valence-corrected chi connectivity index (χ1v) is 8.16. The topological polar surface area (TPSA) is 62.0 Å². The van der Waals surface area contributed by atoms with E-state index in [0.717, 1.165) is 45.6 Å². The highest BCUT2D eigenvalue weighted by atomic mass is 16.5. The van der Waals surface area contributed by atoms with Crippen molar-refractivity contribution >= 4 is 0 Å². The molecule has 20 heavy (non-hydrogen) atoms. The van der Waals surface area contributed by atoms with Crippen LogP contribution in [0, 0.1) is 0 Å². The van der Waals surface area contributed by atoms with Gasteiger partial charge in [0.1, 0.15) is 0 Å². The number of aliphatic hydroxyl groups is 1. The van der Waals surface area contributed by atoms with Gasteiger partial charge in [0.2, 0.25) is 0 Å². The number of morpholine rings is 1. The van der Waals surface area contributed by atoms with Gasteiger partial charge in [-0.15, -0.1) is 0 Å². The van der Waals surface area contributed by atoms with Crippen LogP contribution in [0.25, 0.3) is 0 Å². The van der Waals surface area contributed by atoms with Gasteiger partial charge in [-0.3, -0.25) is 9.80 Å². The zero-order chi connectivity index (χ0) is 14.0. The molecule has 0 aromatic heterocycles. The molecule has 0 amide bonds. The number of rotatable bonds is 3. The molecule has 0 spiro atoms. The smallest absolute Gasteiger partial charge is 0.0611 e. The Morgan fingerprint density at radius 1 is 1.10 bits per heavy atom. The summed E-state index contributed by atoms with van der Waals surface area (Å²) in [5.74, 6) is 0. The van der Waals surface area contributed by atoms with E-state index in [0.29, 0.717) is 12.1 Å². The molecule has 1 saturated carbocycles. The average Bonchev–Trinajstić information content (AvgIpc) is 2.98. The zero-order valence-corrected chi connectivity index (χ0v) is 12.5. The van der Waals surface area contributed by atoms with Crippen LogP contribution in [-0.4, -0.2) is 78.5 Å². The third-order valence-corrected chi connectivity index (χ3v) is 5.44. The fourth-order valence-corrected chi connectivity index (χ4v) is 4.16. The van der Waals surface area contributed by atoms with Crippen molar-refractivity contribution in [1.82, 2.24) is 9.80 Å². The van der Waals surface area contributed by atoms with E-state index in [2.05, 4.69) is 9.80 Å². The van der Waals surface area contributed by atoms with Gasteiger partial charge in [0.15, 0.2) is 0 Å². The lowest BCUT2D eigenvalue weighted by Gasteiger charge is -2.41. The Kier molecular flexibility index (Phi) is 4.62. The van der Waals surface area contributed by atoms with Crippen molar-refractivity contribution in [1.29, 1.82) is 0 Å². The van der Waals surface area contributed by atoms with Crippen molar-refractivity contribution in [3.05, 3.63) is 0 Å². The van der Waals surface area contributed by atoms with E-state index in [1.54, 1.807) is 0 Å². The van der Waals surface area contributed by atoms with Gasteiger partial charge >= 0.3 is 0 Å². The number of nitrogens with two attached hydrogens (primary N) is 1. The maximum absolute atomic E-state index is 9.50. The van der Waals surface area contributed by atoms with Crippen LogP contribution in [0.3, 0.4) is 0 Å². The summed E-state index contributed by atoms with van der Waals surface area (Å²) < 4.78 is 5.44. The summed E-state index contributed by atoms with van der Waals surface area (Å²) >= 11 is 0. The van der Waals surface area contributed by atoms with E-state index >= 15 is 0 Å². The summed E-state index contributed by atoms with van der Waals surface area (Å²) in [5.41, 5.74) is 5.96. The quantitative estimate of drug-likeness (QED) is 0.765. The third kappa shape index (κ3) is 3.17. The molecule has 2 heterocycles. The molecule has 0 aromatic rings. The number of hydrogen-bond acceptors (Lipinski definition) is 5. The van der Waals surface area contributed by atoms with Crippen molar-refractivity contribution < 1.29 is 9.84 Å². The summed E-state index contributed by atoms with van der Waals surface area (Å²) in [6.07, 6.45) is 5.60. The zero-order valence-electron chi connectivity index (χ0n) is 12.5. The molecule has 3 N–H and O–H groups in total. The van der Waals surface area contributed by atoms with Crippen molar-refractivity contribution in [2.75, 3.05) is 46.0 Å². The van der Waals surface area contributed by atoms with E-state index in [-0.39, 0.29) is 12.1 Å². The summed E-state index contributed by atoms with van der Waals surface area (Å²) in [5, 5.41) is 9.50. The van der Waals surface area contributed by atoms with Gasteiger partial charge in [-0.2, -0.15) is 0 Å². The third-order valence-electron chi connectivity index (χ3n) is 5.44. The van der Waals surface area contributed by atoms with Gasteiger partial charge in [0.25, 0.3) is 0 Å². The Morgan fingerprint density at radius 2 is 1.90 bits per heavy atom. The fraction of sp³-hybridized carbons (Fsp3) is 1.00. The largest absolute Gasteiger partial charge is 0.394 e. The highest BCUT2D eigenvalue weighted by Crippen LogP contribution is 2.31. The molecule has 3 fully saturated rings. The van der Waals surface area contributed by atoms with Crippen LogP contribution in [0.1, 0.15) is 32.1 Å². The van der Waals surface area contributed by atoms with Gasteiger partial charge in [-0.1, -0.05) is 0 Å². The molecule has 3 rings (SSSR count). The first kappa shape index (κ1) is 14.7. The van der Waals surface area contributed by atoms with Crippen LogP contribution < -0.4 is 5.73 Å². The number of likely N-dealkylation sites (tertiary alicyclic amines) is 1. The van der Waals surface area contributed by atoms with Crippen LogP contribution >= 0.6 is 0 Å². The second kappa shape index (κ2) is 6.28. The van der Waals surface area contributed by atoms with Gasteiger partial charge in [-0.05, 0) is 32.1 Å². The number of hydrogen-bond donors (Lipinski definition) is 2. The molecule has 2 saturated heterocycles. The van der Waals surface area contributed by atoms with Crippen LogP contribution in [0.4, 0.5) is 0 Å². The molecule has 3 unspecified atom stereocenters. The summed E-state index contributed by atoms with van der Waals surface area (Å²) in [7, 11) is 0. The summed E-state index contributed by atoms with van der Waals surface area (Å²) in [6.45, 7) is 6.43. The van der Waals surface area contributed by atoms with Gasteiger partial charge in [0.05, 0.1) is 19.8 Å². The Bertz CT molecular complexity index is 322. The molecule has 5 heteroatoms. The highest BCUT2D eigenvalue weighted by molar-refractivity contribution is 4.96. The fourth-order valence-electron chi connectivity index (χ4n) is 4.16. The minimum absolute atomic E-state index is 0.129. The second-order valence-corrected chi connectivity index (χ2v) is 6.86. The van der Waals surface area contributed by atoms with Crippen LogP contribution in [0.15, 0.2) is 0 Å². The predicted octanol–water partition coefficient (Wildman–Crippen LogP) is 0.0253. The van der Waals surface area contributed by atoms with Crippen molar-refractivity contribution in [2.45, 2.75) is 49.7 Å². The van der Waals surface area contributed by atoms with Crippen LogP contribution in [0.2, 0.25) is 0 Å². The Morgan fingerprint density at radius 3 is 2.65 bits per heavy atom. The summed E-state index contributed by atoms with van der Waals surface area (Å²) in [6, 6.07) is 1.27. The normalized spacial score (nSPS) is 41.1. The maximum Gasteiger partial charge on any atom is 0.0611 e. The molecule has 3 aliphatic rings. The van der Waals surface area contributed by atoms with Crippen LogP contribution in [-0.2, 0) is 4.74 Å². The molecule has 0 aromatic carbocycles. The van der Waals surface area contributed by atoms with E-state index < -0.39 is 0 Å². The molecule has 2 aliphatic heterocycles. The number of nitrogens with zero attached hydrogens (tertiary/aromatic N) is 2. The Hall–Kier alpha value is -0.200. The monoisotopic (exact) mass is 283 g/mol. The van der Waals surface area contributed by atoms with E-state index in [1.807, 2.05) is 0 Å².